The molecule has 0 radical (unpaired) electrons. The first-order chi connectivity index (χ1) is 11.6. The van der Waals surface area contributed by atoms with Crippen molar-refractivity contribution in [1.82, 2.24) is 24.6 Å². The second kappa shape index (κ2) is 7.77. The van der Waals surface area contributed by atoms with Crippen LogP contribution < -0.4 is 0 Å². The van der Waals surface area contributed by atoms with Crippen LogP contribution in [0.4, 0.5) is 0 Å². The number of carbonyl (C=O) groups excluding carboxylic acids is 1. The van der Waals surface area contributed by atoms with Gasteiger partial charge >= 0.3 is 0 Å². The number of rotatable bonds is 4. The highest BCUT2D eigenvalue weighted by atomic mass is 35.5. The highest BCUT2D eigenvalue weighted by Crippen LogP contribution is 2.15. The van der Waals surface area contributed by atoms with Crippen LogP contribution in [0.1, 0.15) is 25.1 Å². The number of amides is 1. The molecule has 0 saturated carbocycles. The first-order valence-corrected chi connectivity index (χ1v) is 8.62. The van der Waals surface area contributed by atoms with E-state index in [0.29, 0.717) is 5.02 Å². The summed E-state index contributed by atoms with van der Waals surface area (Å²) in [5.74, 6) is 0.0921. The maximum Gasteiger partial charge on any atom is 0.247 e. The van der Waals surface area contributed by atoms with Gasteiger partial charge in [-0.2, -0.15) is 5.10 Å². The molecule has 0 spiro atoms. The van der Waals surface area contributed by atoms with Gasteiger partial charge in [0.05, 0.1) is 16.9 Å². The molecule has 1 amide bonds. The molecule has 128 valence electrons. The Bertz CT molecular complexity index is 675. The Morgan fingerprint density at radius 3 is 2.88 bits per heavy atom. The van der Waals surface area contributed by atoms with Gasteiger partial charge in [-0.3, -0.25) is 19.4 Å². The molecule has 0 aliphatic carbocycles. The fraction of sp³-hybridized carbons (Fsp3) is 0.471. The Labute approximate surface area is 147 Å². The summed E-state index contributed by atoms with van der Waals surface area (Å²) in [5, 5.41) is 4.69. The van der Waals surface area contributed by atoms with Crippen LogP contribution in [-0.2, 0) is 11.3 Å². The van der Waals surface area contributed by atoms with Gasteiger partial charge in [0.15, 0.2) is 0 Å². The minimum Gasteiger partial charge on any atom is -0.340 e. The van der Waals surface area contributed by atoms with Crippen LogP contribution in [0.5, 0.6) is 0 Å². The van der Waals surface area contributed by atoms with Gasteiger partial charge < -0.3 is 4.90 Å². The second-order valence-corrected chi connectivity index (χ2v) is 6.53. The van der Waals surface area contributed by atoms with Gasteiger partial charge in [-0.1, -0.05) is 17.7 Å². The van der Waals surface area contributed by atoms with Gasteiger partial charge in [-0.05, 0) is 25.5 Å². The van der Waals surface area contributed by atoms with Gasteiger partial charge in [-0.25, -0.2) is 0 Å². The molecule has 1 atom stereocenters. The third-order valence-corrected chi connectivity index (χ3v) is 4.53. The molecule has 0 aromatic carbocycles. The van der Waals surface area contributed by atoms with E-state index in [2.05, 4.69) is 15.0 Å². The number of hydrogen-bond donors (Lipinski definition) is 0. The Kier molecular flexibility index (Phi) is 5.48. The number of hydrogen-bond acceptors (Lipinski definition) is 4. The molecule has 1 aliphatic heterocycles. The van der Waals surface area contributed by atoms with E-state index in [1.807, 2.05) is 36.2 Å². The van der Waals surface area contributed by atoms with E-state index in [1.165, 1.54) is 0 Å². The normalized spacial score (nSPS) is 17.5. The van der Waals surface area contributed by atoms with Gasteiger partial charge in [-0.15, -0.1) is 0 Å². The van der Waals surface area contributed by atoms with Crippen molar-refractivity contribution in [2.75, 3.05) is 26.2 Å². The third kappa shape index (κ3) is 4.13. The highest BCUT2D eigenvalue weighted by Gasteiger charge is 2.25. The van der Waals surface area contributed by atoms with Crippen molar-refractivity contribution in [3.8, 4) is 0 Å². The predicted molar refractivity (Wildman–Crippen MR) is 92.7 cm³/mol. The molecule has 3 rings (SSSR count). The summed E-state index contributed by atoms with van der Waals surface area (Å²) in [6, 6.07) is 5.64. The first kappa shape index (κ1) is 16.9. The number of carbonyl (C=O) groups is 1. The highest BCUT2D eigenvalue weighted by molar-refractivity contribution is 6.30. The zero-order chi connectivity index (χ0) is 16.9. The summed E-state index contributed by atoms with van der Waals surface area (Å²) in [6.07, 6.45) is 6.03. The van der Waals surface area contributed by atoms with Crippen molar-refractivity contribution in [2.45, 2.75) is 25.9 Å². The van der Waals surface area contributed by atoms with Crippen LogP contribution in [0.15, 0.2) is 36.8 Å². The van der Waals surface area contributed by atoms with Crippen LogP contribution in [-0.4, -0.2) is 56.7 Å². The predicted octanol–water partition coefficient (Wildman–Crippen LogP) is 2.23. The number of aromatic nitrogens is 3. The van der Waals surface area contributed by atoms with E-state index in [0.717, 1.165) is 44.8 Å². The standard InChI is InChI=1S/C17H22ClN5O/c1-14(23-12-15(18)11-20-23)17(24)22-8-4-7-21(9-10-22)13-16-5-2-3-6-19-16/h2-3,5-6,11-12,14H,4,7-10,13H2,1H3. The molecule has 24 heavy (non-hydrogen) atoms. The van der Waals surface area contributed by atoms with Crippen LogP contribution in [0.25, 0.3) is 0 Å². The average Bonchev–Trinajstić information content (AvgIpc) is 2.90. The summed E-state index contributed by atoms with van der Waals surface area (Å²) in [7, 11) is 0. The fourth-order valence-electron chi connectivity index (χ4n) is 2.97. The molecular formula is C17H22ClN5O. The van der Waals surface area contributed by atoms with E-state index >= 15 is 0 Å². The molecule has 2 aromatic heterocycles. The Hall–Kier alpha value is -1.92. The Morgan fingerprint density at radius 2 is 2.17 bits per heavy atom. The monoisotopic (exact) mass is 347 g/mol. The van der Waals surface area contributed by atoms with Gasteiger partial charge in [0, 0.05) is 45.1 Å². The lowest BCUT2D eigenvalue weighted by atomic mass is 10.2. The summed E-state index contributed by atoms with van der Waals surface area (Å²) >= 11 is 5.90. The second-order valence-electron chi connectivity index (χ2n) is 6.09. The summed E-state index contributed by atoms with van der Waals surface area (Å²) in [5.41, 5.74) is 1.07. The summed E-state index contributed by atoms with van der Waals surface area (Å²) in [4.78, 5) is 21.4. The number of pyridine rings is 1. The minimum atomic E-state index is -0.333. The lowest BCUT2D eigenvalue weighted by Gasteiger charge is -2.24. The average molecular weight is 348 g/mol. The third-order valence-electron chi connectivity index (χ3n) is 4.34. The van der Waals surface area contributed by atoms with Crippen molar-refractivity contribution >= 4 is 17.5 Å². The summed E-state index contributed by atoms with van der Waals surface area (Å²) in [6.45, 7) is 6.02. The molecule has 0 bridgehead atoms. The Balaban J connectivity index is 1.57. The van der Waals surface area contributed by atoms with Gasteiger partial charge in [0.1, 0.15) is 6.04 Å². The van der Waals surface area contributed by atoms with Crippen LogP contribution >= 0.6 is 11.6 Å². The zero-order valence-corrected chi connectivity index (χ0v) is 14.6. The van der Waals surface area contributed by atoms with E-state index < -0.39 is 0 Å². The van der Waals surface area contributed by atoms with Crippen molar-refractivity contribution in [2.24, 2.45) is 0 Å². The van der Waals surface area contributed by atoms with E-state index in [-0.39, 0.29) is 11.9 Å². The van der Waals surface area contributed by atoms with Crippen molar-refractivity contribution in [1.29, 1.82) is 0 Å². The topological polar surface area (TPSA) is 54.3 Å². The lowest BCUT2D eigenvalue weighted by molar-refractivity contribution is -0.134. The molecule has 1 fully saturated rings. The van der Waals surface area contributed by atoms with Crippen LogP contribution in [0.2, 0.25) is 5.02 Å². The smallest absolute Gasteiger partial charge is 0.247 e. The van der Waals surface area contributed by atoms with Crippen molar-refractivity contribution in [3.05, 3.63) is 47.5 Å². The maximum atomic E-state index is 12.7. The molecule has 2 aromatic rings. The van der Waals surface area contributed by atoms with E-state index in [9.17, 15) is 4.79 Å². The fourth-order valence-corrected chi connectivity index (χ4v) is 3.12. The molecular weight excluding hydrogens is 326 g/mol. The minimum absolute atomic E-state index is 0.0921. The Morgan fingerprint density at radius 1 is 1.29 bits per heavy atom. The molecule has 3 heterocycles. The number of halogens is 1. The molecule has 1 saturated heterocycles. The quantitative estimate of drug-likeness (QED) is 0.851. The number of nitrogens with zero attached hydrogens (tertiary/aromatic N) is 5. The maximum absolute atomic E-state index is 12.7. The van der Waals surface area contributed by atoms with Gasteiger partial charge in [0.25, 0.3) is 0 Å². The summed E-state index contributed by atoms with van der Waals surface area (Å²) < 4.78 is 1.63. The lowest BCUT2D eigenvalue weighted by Crippen LogP contribution is -2.39. The molecule has 0 N–H and O–H groups in total. The first-order valence-electron chi connectivity index (χ1n) is 8.24. The van der Waals surface area contributed by atoms with Crippen LogP contribution in [0, 0.1) is 0 Å². The SMILES string of the molecule is CC(C(=O)N1CCCN(Cc2ccccn2)CC1)n1cc(Cl)cn1. The largest absolute Gasteiger partial charge is 0.340 e. The zero-order valence-electron chi connectivity index (χ0n) is 13.8. The van der Waals surface area contributed by atoms with Crippen molar-refractivity contribution < 1.29 is 4.79 Å². The van der Waals surface area contributed by atoms with Crippen LogP contribution in [0.3, 0.4) is 0 Å². The van der Waals surface area contributed by atoms with E-state index in [1.54, 1.807) is 17.1 Å². The molecule has 1 unspecified atom stereocenters. The van der Waals surface area contributed by atoms with Crippen molar-refractivity contribution in [3.63, 3.8) is 0 Å². The van der Waals surface area contributed by atoms with Gasteiger partial charge in [0.2, 0.25) is 5.91 Å². The van der Waals surface area contributed by atoms with E-state index in [4.69, 9.17) is 11.6 Å². The molecule has 7 heteroatoms. The molecule has 1 aliphatic rings. The molecule has 6 nitrogen and oxygen atoms in total.